The minimum atomic E-state index is 0.580. The van der Waals surface area contributed by atoms with E-state index in [4.69, 9.17) is 18.2 Å². The average molecular weight is 708 g/mol. The summed E-state index contributed by atoms with van der Waals surface area (Å²) in [6, 6.07) is 61.0. The van der Waals surface area contributed by atoms with Gasteiger partial charge in [-0.15, -0.1) is 0 Å². The first-order chi connectivity index (χ1) is 27.3. The van der Waals surface area contributed by atoms with Crippen LogP contribution >= 0.6 is 0 Å². The molecule has 0 bridgehead atoms. The average Bonchev–Trinajstić information content (AvgIpc) is 4.02. The molecule has 0 N–H and O–H groups in total. The molecular formula is C49H29N3O3. The number of oxazole rings is 1. The molecule has 0 atom stereocenters. The fraction of sp³-hybridized carbons (Fsp3) is 0. The van der Waals surface area contributed by atoms with Gasteiger partial charge in [0.2, 0.25) is 5.89 Å². The molecule has 0 amide bonds. The van der Waals surface area contributed by atoms with Gasteiger partial charge in [0.1, 0.15) is 27.8 Å². The second-order valence-corrected chi connectivity index (χ2v) is 13.9. The number of rotatable bonds is 5. The summed E-state index contributed by atoms with van der Waals surface area (Å²) in [4.78, 5) is 7.24. The van der Waals surface area contributed by atoms with Gasteiger partial charge in [0.25, 0.3) is 0 Å². The largest absolute Gasteiger partial charge is 0.456 e. The van der Waals surface area contributed by atoms with Crippen LogP contribution in [-0.2, 0) is 0 Å². The van der Waals surface area contributed by atoms with E-state index in [9.17, 15) is 0 Å². The van der Waals surface area contributed by atoms with E-state index in [-0.39, 0.29) is 0 Å². The van der Waals surface area contributed by atoms with Gasteiger partial charge in [-0.05, 0) is 91.0 Å². The van der Waals surface area contributed by atoms with E-state index >= 15 is 0 Å². The maximum Gasteiger partial charge on any atom is 0.227 e. The first-order valence-electron chi connectivity index (χ1n) is 18.4. The molecule has 0 saturated carbocycles. The van der Waals surface area contributed by atoms with Crippen molar-refractivity contribution in [3.8, 4) is 17.1 Å². The lowest BCUT2D eigenvalue weighted by atomic mass is 10.1. The Labute approximate surface area is 313 Å². The zero-order valence-corrected chi connectivity index (χ0v) is 29.3. The molecule has 0 saturated heterocycles. The molecule has 0 aliphatic heterocycles. The van der Waals surface area contributed by atoms with Crippen LogP contribution in [-0.4, -0.2) is 9.55 Å². The summed E-state index contributed by atoms with van der Waals surface area (Å²) in [5.41, 5.74) is 12.0. The van der Waals surface area contributed by atoms with E-state index in [2.05, 4.69) is 131 Å². The number of aromatic nitrogens is 2. The van der Waals surface area contributed by atoms with Gasteiger partial charge in [0, 0.05) is 49.6 Å². The lowest BCUT2D eigenvalue weighted by Gasteiger charge is -2.27. The molecule has 6 heteroatoms. The first kappa shape index (κ1) is 29.9. The van der Waals surface area contributed by atoms with Crippen molar-refractivity contribution in [2.75, 3.05) is 4.90 Å². The van der Waals surface area contributed by atoms with Gasteiger partial charge in [0.05, 0.1) is 22.1 Å². The predicted octanol–water partition coefficient (Wildman–Crippen LogP) is 13.9. The molecule has 258 valence electrons. The third-order valence-electron chi connectivity index (χ3n) is 10.8. The molecule has 0 unspecified atom stereocenters. The molecule has 4 aromatic heterocycles. The molecule has 4 heterocycles. The van der Waals surface area contributed by atoms with Crippen LogP contribution < -0.4 is 4.90 Å². The molecule has 0 fully saturated rings. The normalized spacial score (nSPS) is 12.0. The molecule has 0 radical (unpaired) electrons. The zero-order valence-electron chi connectivity index (χ0n) is 29.3. The van der Waals surface area contributed by atoms with Gasteiger partial charge in [-0.3, -0.25) is 0 Å². The summed E-state index contributed by atoms with van der Waals surface area (Å²) in [6.07, 6.45) is 0. The Hall–Kier alpha value is -7.57. The van der Waals surface area contributed by atoms with E-state index < -0.39 is 0 Å². The highest BCUT2D eigenvalue weighted by atomic mass is 16.4. The zero-order chi connectivity index (χ0) is 36.0. The molecule has 6 nitrogen and oxygen atoms in total. The fourth-order valence-electron chi connectivity index (χ4n) is 8.38. The summed E-state index contributed by atoms with van der Waals surface area (Å²) in [5, 5.41) is 6.34. The number of fused-ring (bicyclic) bond motifs is 11. The van der Waals surface area contributed by atoms with E-state index in [1.807, 2.05) is 54.6 Å². The number of benzene rings is 8. The van der Waals surface area contributed by atoms with Crippen LogP contribution in [0.25, 0.3) is 93.9 Å². The molecule has 0 aliphatic rings. The van der Waals surface area contributed by atoms with Crippen LogP contribution in [0.4, 0.5) is 17.1 Å². The van der Waals surface area contributed by atoms with Gasteiger partial charge in [0.15, 0.2) is 5.58 Å². The van der Waals surface area contributed by atoms with Crippen molar-refractivity contribution in [3.63, 3.8) is 0 Å². The number of nitrogens with zero attached hydrogens (tertiary/aromatic N) is 3. The topological polar surface area (TPSA) is 60.5 Å². The Balaban J connectivity index is 1.17. The van der Waals surface area contributed by atoms with E-state index in [1.54, 1.807) is 0 Å². The van der Waals surface area contributed by atoms with Gasteiger partial charge < -0.3 is 22.7 Å². The van der Waals surface area contributed by atoms with Gasteiger partial charge in [-0.2, -0.15) is 0 Å². The second kappa shape index (κ2) is 11.5. The quantitative estimate of drug-likeness (QED) is 0.178. The third kappa shape index (κ3) is 4.46. The van der Waals surface area contributed by atoms with E-state index in [0.717, 1.165) is 88.7 Å². The highest BCUT2D eigenvalue weighted by Crippen LogP contribution is 2.46. The Morgan fingerprint density at radius 3 is 1.93 bits per heavy atom. The number of furan rings is 2. The lowest BCUT2D eigenvalue weighted by Crippen LogP contribution is -2.11. The maximum absolute atomic E-state index is 6.54. The summed E-state index contributed by atoms with van der Waals surface area (Å²) >= 11 is 0. The van der Waals surface area contributed by atoms with Gasteiger partial charge in [-0.1, -0.05) is 84.9 Å². The van der Waals surface area contributed by atoms with Crippen LogP contribution in [0, 0.1) is 0 Å². The standard InChI is InChI=1S/C49H29N3O3/c1-3-12-30(13-4-1)49-50-39-24-27-45-46(48(39)55-49)38-29-33(23-26-44(38)54-45)51(32-22-25-43-37(28-32)35-17-8-10-21-42(35)53-43)41-20-11-18-36-34-16-7-9-19-40(34)52(47(36)41)31-14-5-2-6-15-31/h1-29H. The lowest BCUT2D eigenvalue weighted by molar-refractivity contribution is 0.622. The van der Waals surface area contributed by atoms with Crippen molar-refractivity contribution in [2.24, 2.45) is 0 Å². The summed E-state index contributed by atoms with van der Waals surface area (Å²) in [5.74, 6) is 0.580. The molecule has 8 aromatic carbocycles. The molecule has 12 aromatic rings. The Morgan fingerprint density at radius 1 is 0.455 bits per heavy atom. The van der Waals surface area contributed by atoms with E-state index in [0.29, 0.717) is 11.5 Å². The van der Waals surface area contributed by atoms with E-state index in [1.165, 1.54) is 10.8 Å². The van der Waals surface area contributed by atoms with Crippen molar-refractivity contribution in [2.45, 2.75) is 0 Å². The maximum atomic E-state index is 6.54. The Kier molecular flexibility index (Phi) is 6.24. The van der Waals surface area contributed by atoms with Gasteiger partial charge >= 0.3 is 0 Å². The van der Waals surface area contributed by atoms with Crippen molar-refractivity contribution < 1.29 is 13.3 Å². The van der Waals surface area contributed by atoms with Crippen molar-refractivity contribution in [1.82, 2.24) is 9.55 Å². The Morgan fingerprint density at radius 2 is 1.09 bits per heavy atom. The smallest absolute Gasteiger partial charge is 0.227 e. The predicted molar refractivity (Wildman–Crippen MR) is 223 cm³/mol. The van der Waals surface area contributed by atoms with Crippen LogP contribution in [0.15, 0.2) is 189 Å². The van der Waals surface area contributed by atoms with Gasteiger partial charge in [-0.25, -0.2) is 4.98 Å². The number of para-hydroxylation sites is 4. The van der Waals surface area contributed by atoms with Crippen molar-refractivity contribution in [1.29, 1.82) is 0 Å². The third-order valence-corrected chi connectivity index (χ3v) is 10.8. The second-order valence-electron chi connectivity index (χ2n) is 13.9. The molecule has 12 rings (SSSR count). The van der Waals surface area contributed by atoms with Crippen LogP contribution in [0.2, 0.25) is 0 Å². The SMILES string of the molecule is c1ccc(-c2nc3ccc4oc5ccc(N(c6ccc7oc8ccccc8c7c6)c6cccc7c8ccccc8n(-c8ccccc8)c67)cc5c4c3o2)cc1. The van der Waals surface area contributed by atoms with Crippen LogP contribution in [0.5, 0.6) is 0 Å². The van der Waals surface area contributed by atoms with Crippen molar-refractivity contribution in [3.05, 3.63) is 176 Å². The number of hydrogen-bond acceptors (Lipinski definition) is 5. The first-order valence-corrected chi connectivity index (χ1v) is 18.4. The highest BCUT2D eigenvalue weighted by molar-refractivity contribution is 6.18. The summed E-state index contributed by atoms with van der Waals surface area (Å²) in [6.45, 7) is 0. The molecule has 0 aliphatic carbocycles. The van der Waals surface area contributed by atoms with Crippen LogP contribution in [0.1, 0.15) is 0 Å². The minimum absolute atomic E-state index is 0.580. The monoisotopic (exact) mass is 707 g/mol. The Bertz CT molecular complexity index is 3440. The molecule has 0 spiro atoms. The fourth-order valence-corrected chi connectivity index (χ4v) is 8.38. The van der Waals surface area contributed by atoms with Crippen LogP contribution in [0.3, 0.4) is 0 Å². The molecule has 55 heavy (non-hydrogen) atoms. The molecular weight excluding hydrogens is 679 g/mol. The minimum Gasteiger partial charge on any atom is -0.456 e. The van der Waals surface area contributed by atoms with Crippen molar-refractivity contribution >= 4 is 93.8 Å². The summed E-state index contributed by atoms with van der Waals surface area (Å²) in [7, 11) is 0. The number of anilines is 3. The number of hydrogen-bond donors (Lipinski definition) is 0. The highest BCUT2D eigenvalue weighted by Gasteiger charge is 2.24. The summed E-state index contributed by atoms with van der Waals surface area (Å²) < 4.78 is 21.7.